The molecule has 8 heteroatoms. The average molecular weight is 274 g/mol. The number of fused-ring (bicyclic) bond motifs is 1. The largest absolute Gasteiger partial charge is 0.481 e. The molecule has 0 spiro atoms. The molecular weight excluding hydrogens is 264 g/mol. The number of likely N-dealkylation sites (N-methyl/N-ethyl adjacent to an activating group) is 1. The van der Waals surface area contributed by atoms with Crippen LogP contribution >= 0.6 is 0 Å². The Balaban J connectivity index is 2.07. The number of aromatic nitrogens is 3. The number of aromatic carboxylic acids is 1. The first-order valence-electron chi connectivity index (χ1n) is 5.75. The first-order valence-corrected chi connectivity index (χ1v) is 5.75. The van der Waals surface area contributed by atoms with Crippen LogP contribution in [0.5, 0.6) is 5.75 Å². The quantitative estimate of drug-likeness (QED) is 0.847. The van der Waals surface area contributed by atoms with Gasteiger partial charge in [0, 0.05) is 13.1 Å². The van der Waals surface area contributed by atoms with E-state index in [1.807, 2.05) is 0 Å². The highest BCUT2D eigenvalue weighted by atomic mass is 16.5. The summed E-state index contributed by atoms with van der Waals surface area (Å²) < 4.78 is 6.54. The predicted octanol–water partition coefficient (Wildman–Crippen LogP) is 0.321. The zero-order valence-corrected chi connectivity index (χ0v) is 10.5. The van der Waals surface area contributed by atoms with E-state index < -0.39 is 5.97 Å². The minimum absolute atomic E-state index is 0.0455. The summed E-state index contributed by atoms with van der Waals surface area (Å²) in [6, 6.07) is 4.95. The summed E-state index contributed by atoms with van der Waals surface area (Å²) in [7, 11) is 1.65. The van der Waals surface area contributed by atoms with Crippen LogP contribution in [-0.4, -0.2) is 45.6 Å². The molecule has 2 aromatic rings. The standard InChI is InChI=1S/C12H10N4O4/c1-15-8-3-2-7(4-10(8)20-6-11(15)17)16-9(12(18)19)5-13-14-16/h2-5H,6H2,1H3,(H,18,19). The van der Waals surface area contributed by atoms with Gasteiger partial charge < -0.3 is 14.7 Å². The maximum absolute atomic E-state index is 11.5. The van der Waals surface area contributed by atoms with Crippen LogP contribution in [-0.2, 0) is 4.79 Å². The van der Waals surface area contributed by atoms with Crippen LogP contribution in [0.2, 0.25) is 0 Å². The first-order chi connectivity index (χ1) is 9.58. The van der Waals surface area contributed by atoms with Gasteiger partial charge in [0.15, 0.2) is 12.3 Å². The third-order valence-electron chi connectivity index (χ3n) is 3.04. The highest BCUT2D eigenvalue weighted by Crippen LogP contribution is 2.33. The van der Waals surface area contributed by atoms with Gasteiger partial charge in [-0.3, -0.25) is 4.79 Å². The molecule has 0 saturated heterocycles. The van der Waals surface area contributed by atoms with Crippen LogP contribution in [0.25, 0.3) is 5.69 Å². The van der Waals surface area contributed by atoms with Gasteiger partial charge in [-0.25, -0.2) is 9.48 Å². The molecule has 0 radical (unpaired) electrons. The Morgan fingerprint density at radius 3 is 3.00 bits per heavy atom. The molecule has 1 aliphatic heterocycles. The van der Waals surface area contributed by atoms with Gasteiger partial charge in [-0.15, -0.1) is 5.10 Å². The van der Waals surface area contributed by atoms with E-state index in [-0.39, 0.29) is 18.2 Å². The Labute approximate surface area is 113 Å². The molecule has 0 saturated carbocycles. The molecular formula is C12H10N4O4. The monoisotopic (exact) mass is 274 g/mol. The van der Waals surface area contributed by atoms with Crippen LogP contribution in [0, 0.1) is 0 Å². The van der Waals surface area contributed by atoms with Crippen molar-refractivity contribution in [3.63, 3.8) is 0 Å². The summed E-state index contributed by atoms with van der Waals surface area (Å²) in [4.78, 5) is 24.1. The van der Waals surface area contributed by atoms with Gasteiger partial charge in [-0.2, -0.15) is 0 Å². The number of rotatable bonds is 2. The normalized spacial score (nSPS) is 13.8. The van der Waals surface area contributed by atoms with Gasteiger partial charge in [0.05, 0.1) is 17.6 Å². The number of carboxylic acid groups (broad SMARTS) is 1. The van der Waals surface area contributed by atoms with Crippen LogP contribution in [0.1, 0.15) is 10.5 Å². The molecule has 0 unspecified atom stereocenters. The molecule has 2 heterocycles. The van der Waals surface area contributed by atoms with E-state index in [9.17, 15) is 9.59 Å². The molecule has 3 rings (SSSR count). The Morgan fingerprint density at radius 2 is 2.25 bits per heavy atom. The molecule has 0 fully saturated rings. The first kappa shape index (κ1) is 12.2. The molecule has 1 N–H and O–H groups in total. The van der Waals surface area contributed by atoms with E-state index in [4.69, 9.17) is 9.84 Å². The van der Waals surface area contributed by atoms with Gasteiger partial charge in [0.25, 0.3) is 5.91 Å². The lowest BCUT2D eigenvalue weighted by Crippen LogP contribution is -2.35. The summed E-state index contributed by atoms with van der Waals surface area (Å²) >= 11 is 0. The molecule has 0 bridgehead atoms. The zero-order valence-electron chi connectivity index (χ0n) is 10.5. The number of hydrogen-bond acceptors (Lipinski definition) is 5. The summed E-state index contributed by atoms with van der Waals surface area (Å²) in [6.45, 7) is -0.0455. The fraction of sp³-hybridized carbons (Fsp3) is 0.167. The lowest BCUT2D eigenvalue weighted by molar-refractivity contribution is -0.120. The second kappa shape index (κ2) is 4.34. The molecule has 102 valence electrons. The lowest BCUT2D eigenvalue weighted by Gasteiger charge is -2.26. The average Bonchev–Trinajstić information content (AvgIpc) is 2.92. The molecule has 1 aliphatic rings. The fourth-order valence-corrected chi connectivity index (χ4v) is 1.97. The van der Waals surface area contributed by atoms with Crippen molar-refractivity contribution in [2.75, 3.05) is 18.6 Å². The maximum atomic E-state index is 11.5. The molecule has 0 atom stereocenters. The van der Waals surface area contributed by atoms with Gasteiger partial charge in [0.1, 0.15) is 5.75 Å². The van der Waals surface area contributed by atoms with Crippen LogP contribution in [0.3, 0.4) is 0 Å². The molecule has 1 amide bonds. The summed E-state index contributed by atoms with van der Waals surface area (Å²) in [5, 5.41) is 16.4. The van der Waals surface area contributed by atoms with Crippen LogP contribution in [0.4, 0.5) is 5.69 Å². The highest BCUT2D eigenvalue weighted by molar-refractivity contribution is 5.97. The van der Waals surface area contributed by atoms with Crippen molar-refractivity contribution < 1.29 is 19.4 Å². The SMILES string of the molecule is CN1C(=O)COc2cc(-n3nncc3C(=O)O)ccc21. The topological polar surface area (TPSA) is 97.5 Å². The number of benzene rings is 1. The van der Waals surface area contributed by atoms with Crippen molar-refractivity contribution >= 4 is 17.6 Å². The molecule has 20 heavy (non-hydrogen) atoms. The lowest BCUT2D eigenvalue weighted by atomic mass is 10.2. The van der Waals surface area contributed by atoms with E-state index in [2.05, 4.69) is 10.3 Å². The Hall–Kier alpha value is -2.90. The van der Waals surface area contributed by atoms with E-state index in [1.165, 1.54) is 9.58 Å². The van der Waals surface area contributed by atoms with Crippen molar-refractivity contribution in [1.29, 1.82) is 0 Å². The molecule has 1 aromatic heterocycles. The van der Waals surface area contributed by atoms with Crippen LogP contribution < -0.4 is 9.64 Å². The van der Waals surface area contributed by atoms with Crippen molar-refractivity contribution in [1.82, 2.24) is 15.0 Å². The molecule has 1 aromatic carbocycles. The second-order valence-electron chi connectivity index (χ2n) is 4.23. The number of carbonyl (C=O) groups is 2. The summed E-state index contributed by atoms with van der Waals surface area (Å²) in [5.41, 5.74) is 1.08. The second-order valence-corrected chi connectivity index (χ2v) is 4.23. The third-order valence-corrected chi connectivity index (χ3v) is 3.04. The van der Waals surface area contributed by atoms with Gasteiger partial charge in [-0.05, 0) is 12.1 Å². The summed E-state index contributed by atoms with van der Waals surface area (Å²) in [5.74, 6) is -0.769. The van der Waals surface area contributed by atoms with E-state index in [1.54, 1.807) is 25.2 Å². The highest BCUT2D eigenvalue weighted by Gasteiger charge is 2.23. The number of ether oxygens (including phenoxy) is 1. The zero-order chi connectivity index (χ0) is 14.3. The number of carbonyl (C=O) groups excluding carboxylic acids is 1. The van der Waals surface area contributed by atoms with E-state index in [0.717, 1.165) is 6.20 Å². The predicted molar refractivity (Wildman–Crippen MR) is 67.2 cm³/mol. The maximum Gasteiger partial charge on any atom is 0.356 e. The number of carboxylic acids is 1. The molecule has 0 aliphatic carbocycles. The minimum Gasteiger partial charge on any atom is -0.481 e. The smallest absolute Gasteiger partial charge is 0.356 e. The molecule has 8 nitrogen and oxygen atoms in total. The fourth-order valence-electron chi connectivity index (χ4n) is 1.97. The van der Waals surface area contributed by atoms with Crippen molar-refractivity contribution in [2.24, 2.45) is 0 Å². The van der Waals surface area contributed by atoms with Crippen molar-refractivity contribution in [3.8, 4) is 11.4 Å². The number of amides is 1. The van der Waals surface area contributed by atoms with Gasteiger partial charge in [-0.1, -0.05) is 5.21 Å². The Bertz CT molecular complexity index is 709. The van der Waals surface area contributed by atoms with E-state index in [0.29, 0.717) is 17.1 Å². The third kappa shape index (κ3) is 1.78. The van der Waals surface area contributed by atoms with Crippen LogP contribution in [0.15, 0.2) is 24.4 Å². The van der Waals surface area contributed by atoms with Crippen molar-refractivity contribution in [3.05, 3.63) is 30.1 Å². The van der Waals surface area contributed by atoms with E-state index >= 15 is 0 Å². The van der Waals surface area contributed by atoms with Gasteiger partial charge in [0.2, 0.25) is 0 Å². The number of hydrogen-bond donors (Lipinski definition) is 1. The van der Waals surface area contributed by atoms with Gasteiger partial charge >= 0.3 is 5.97 Å². The Morgan fingerprint density at radius 1 is 1.45 bits per heavy atom. The summed E-state index contributed by atoms with van der Waals surface area (Å²) in [6.07, 6.45) is 1.16. The number of anilines is 1. The Kier molecular flexibility index (Phi) is 2.63. The number of nitrogens with zero attached hydrogens (tertiary/aromatic N) is 4. The minimum atomic E-state index is -1.12. The van der Waals surface area contributed by atoms with Crippen molar-refractivity contribution in [2.45, 2.75) is 0 Å².